The van der Waals surface area contributed by atoms with Gasteiger partial charge in [-0.25, -0.2) is 0 Å². The van der Waals surface area contributed by atoms with Gasteiger partial charge < -0.3 is 4.74 Å². The second-order valence-electron chi connectivity index (χ2n) is 2.90. The van der Waals surface area contributed by atoms with Crippen LogP contribution in [-0.4, -0.2) is 7.11 Å². The Balaban J connectivity index is 2.94. The third kappa shape index (κ3) is 2.97. The van der Waals surface area contributed by atoms with Crippen LogP contribution in [0.1, 0.15) is 25.3 Å². The van der Waals surface area contributed by atoms with E-state index in [1.165, 1.54) is 0 Å². The molecule has 0 aromatic heterocycles. The number of rotatable bonds is 2. The molecule has 0 aliphatic heterocycles. The van der Waals surface area contributed by atoms with Crippen LogP contribution in [0.2, 0.25) is 5.02 Å². The second-order valence-corrected chi connectivity index (χ2v) is 3.33. The van der Waals surface area contributed by atoms with Crippen molar-refractivity contribution in [3.8, 4) is 17.6 Å². The molecule has 1 rings (SSSR count). The molecule has 0 atom stereocenters. The highest BCUT2D eigenvalue weighted by atomic mass is 35.5. The lowest BCUT2D eigenvalue weighted by atomic mass is 10.2. The lowest BCUT2D eigenvalue weighted by Crippen LogP contribution is -1.87. The lowest BCUT2D eigenvalue weighted by molar-refractivity contribution is 0.413. The smallest absolute Gasteiger partial charge is 0.134 e. The Labute approximate surface area is 90.0 Å². The summed E-state index contributed by atoms with van der Waals surface area (Å²) in [7, 11) is 1.63. The highest BCUT2D eigenvalue weighted by Crippen LogP contribution is 2.21. The van der Waals surface area contributed by atoms with Crippen molar-refractivity contribution in [2.45, 2.75) is 19.8 Å². The average Bonchev–Trinajstić information content (AvgIpc) is 2.19. The zero-order valence-corrected chi connectivity index (χ0v) is 9.19. The fourth-order valence-corrected chi connectivity index (χ4v) is 1.23. The molecule has 74 valence electrons. The molecule has 0 saturated heterocycles. The van der Waals surface area contributed by atoms with Gasteiger partial charge in [-0.2, -0.15) is 0 Å². The summed E-state index contributed by atoms with van der Waals surface area (Å²) in [6, 6.07) is 5.45. The van der Waals surface area contributed by atoms with Crippen molar-refractivity contribution in [1.29, 1.82) is 0 Å². The first kappa shape index (κ1) is 10.9. The van der Waals surface area contributed by atoms with E-state index in [1.807, 2.05) is 12.1 Å². The molecule has 0 heterocycles. The van der Waals surface area contributed by atoms with Gasteiger partial charge in [0.1, 0.15) is 5.75 Å². The number of hydrogen-bond acceptors (Lipinski definition) is 1. The van der Waals surface area contributed by atoms with E-state index in [1.54, 1.807) is 13.2 Å². The predicted octanol–water partition coefficient (Wildman–Crippen LogP) is 3.50. The van der Waals surface area contributed by atoms with Crippen LogP contribution in [0, 0.1) is 11.8 Å². The van der Waals surface area contributed by atoms with Gasteiger partial charge in [0.05, 0.1) is 12.7 Å². The first-order valence-corrected chi connectivity index (χ1v) is 4.98. The number of ether oxygens (including phenoxy) is 1. The van der Waals surface area contributed by atoms with Gasteiger partial charge in [0, 0.05) is 11.4 Å². The van der Waals surface area contributed by atoms with Gasteiger partial charge in [0.25, 0.3) is 0 Å². The van der Waals surface area contributed by atoms with Crippen molar-refractivity contribution in [2.75, 3.05) is 7.11 Å². The second kappa shape index (κ2) is 5.57. The van der Waals surface area contributed by atoms with E-state index in [4.69, 9.17) is 16.3 Å². The molecule has 14 heavy (non-hydrogen) atoms. The number of methoxy groups -OCH3 is 1. The third-order valence-electron chi connectivity index (χ3n) is 1.76. The molecule has 0 bridgehead atoms. The molecule has 0 radical (unpaired) electrons. The van der Waals surface area contributed by atoms with Crippen molar-refractivity contribution >= 4 is 11.6 Å². The van der Waals surface area contributed by atoms with Gasteiger partial charge in [0.15, 0.2) is 0 Å². The summed E-state index contributed by atoms with van der Waals surface area (Å²) in [5.41, 5.74) is 0.855. The largest absolute Gasteiger partial charge is 0.495 e. The summed E-state index contributed by atoms with van der Waals surface area (Å²) in [4.78, 5) is 0. The Morgan fingerprint density at radius 3 is 2.86 bits per heavy atom. The van der Waals surface area contributed by atoms with E-state index in [0.717, 1.165) is 24.2 Å². The van der Waals surface area contributed by atoms with Crippen molar-refractivity contribution in [2.24, 2.45) is 0 Å². The predicted molar refractivity (Wildman–Crippen MR) is 59.8 cm³/mol. The normalized spacial score (nSPS) is 9.07. The molecule has 0 aliphatic carbocycles. The van der Waals surface area contributed by atoms with Crippen molar-refractivity contribution < 1.29 is 4.74 Å². The molecular weight excluding hydrogens is 196 g/mol. The van der Waals surface area contributed by atoms with E-state index in [0.29, 0.717) is 5.02 Å². The third-order valence-corrected chi connectivity index (χ3v) is 1.99. The topological polar surface area (TPSA) is 9.23 Å². The first-order valence-electron chi connectivity index (χ1n) is 4.60. The Morgan fingerprint density at radius 1 is 1.43 bits per heavy atom. The molecule has 2 heteroatoms. The Morgan fingerprint density at radius 2 is 2.21 bits per heavy atom. The maximum Gasteiger partial charge on any atom is 0.134 e. The molecule has 0 fully saturated rings. The maximum absolute atomic E-state index is 5.86. The SMILES string of the molecule is CCCC#Cc1cc(Cl)ccc1OC. The van der Waals surface area contributed by atoms with Crippen LogP contribution in [-0.2, 0) is 0 Å². The molecule has 0 spiro atoms. The lowest BCUT2D eigenvalue weighted by Gasteiger charge is -2.02. The van der Waals surface area contributed by atoms with Gasteiger partial charge in [0.2, 0.25) is 0 Å². The fraction of sp³-hybridized carbons (Fsp3) is 0.333. The number of hydrogen-bond donors (Lipinski definition) is 0. The quantitative estimate of drug-likeness (QED) is 0.676. The molecule has 1 aromatic rings. The van der Waals surface area contributed by atoms with Gasteiger partial charge in [-0.1, -0.05) is 30.4 Å². The van der Waals surface area contributed by atoms with Crippen LogP contribution in [0.4, 0.5) is 0 Å². The summed E-state index contributed by atoms with van der Waals surface area (Å²) in [5, 5.41) is 0.687. The summed E-state index contributed by atoms with van der Waals surface area (Å²) in [6.45, 7) is 2.10. The standard InChI is InChI=1S/C12H13ClO/c1-3-4-5-6-10-9-11(13)7-8-12(10)14-2/h7-9H,3-4H2,1-2H3. The number of unbranched alkanes of at least 4 members (excludes halogenated alkanes) is 1. The highest BCUT2D eigenvalue weighted by Gasteiger charge is 1.99. The van der Waals surface area contributed by atoms with Crippen LogP contribution in [0.5, 0.6) is 5.75 Å². The Bertz CT molecular complexity index is 360. The van der Waals surface area contributed by atoms with Gasteiger partial charge in [-0.3, -0.25) is 0 Å². The zero-order valence-electron chi connectivity index (χ0n) is 8.43. The Kier molecular flexibility index (Phi) is 4.35. The van der Waals surface area contributed by atoms with Crippen LogP contribution >= 0.6 is 11.6 Å². The molecule has 1 nitrogen and oxygen atoms in total. The van der Waals surface area contributed by atoms with Crippen LogP contribution in [0.25, 0.3) is 0 Å². The zero-order chi connectivity index (χ0) is 10.4. The number of halogens is 1. The van der Waals surface area contributed by atoms with Gasteiger partial charge in [-0.05, 0) is 24.6 Å². The minimum Gasteiger partial charge on any atom is -0.495 e. The fourth-order valence-electron chi connectivity index (χ4n) is 1.06. The van der Waals surface area contributed by atoms with Crippen LogP contribution < -0.4 is 4.74 Å². The summed E-state index contributed by atoms with van der Waals surface area (Å²) in [5.74, 6) is 6.89. The molecule has 0 N–H and O–H groups in total. The van der Waals surface area contributed by atoms with Crippen molar-refractivity contribution in [1.82, 2.24) is 0 Å². The molecule has 0 unspecified atom stereocenters. The van der Waals surface area contributed by atoms with E-state index < -0.39 is 0 Å². The van der Waals surface area contributed by atoms with Crippen LogP contribution in [0.3, 0.4) is 0 Å². The minimum atomic E-state index is 0.687. The molecule has 1 aromatic carbocycles. The molecule has 0 aliphatic rings. The summed E-state index contributed by atoms with van der Waals surface area (Å²) in [6.07, 6.45) is 1.96. The maximum atomic E-state index is 5.86. The Hall–Kier alpha value is -1.13. The van der Waals surface area contributed by atoms with Gasteiger partial charge in [-0.15, -0.1) is 0 Å². The van der Waals surface area contributed by atoms with Crippen molar-refractivity contribution in [3.05, 3.63) is 28.8 Å². The minimum absolute atomic E-state index is 0.687. The van der Waals surface area contributed by atoms with E-state index in [2.05, 4.69) is 18.8 Å². The first-order chi connectivity index (χ1) is 6.77. The van der Waals surface area contributed by atoms with E-state index >= 15 is 0 Å². The van der Waals surface area contributed by atoms with E-state index in [-0.39, 0.29) is 0 Å². The monoisotopic (exact) mass is 208 g/mol. The molecule has 0 amide bonds. The summed E-state index contributed by atoms with van der Waals surface area (Å²) < 4.78 is 5.17. The van der Waals surface area contributed by atoms with E-state index in [9.17, 15) is 0 Å². The van der Waals surface area contributed by atoms with Crippen molar-refractivity contribution in [3.63, 3.8) is 0 Å². The van der Waals surface area contributed by atoms with Crippen LogP contribution in [0.15, 0.2) is 18.2 Å². The average molecular weight is 209 g/mol. The summed E-state index contributed by atoms with van der Waals surface area (Å²) >= 11 is 5.86. The van der Waals surface area contributed by atoms with Gasteiger partial charge >= 0.3 is 0 Å². The highest BCUT2D eigenvalue weighted by molar-refractivity contribution is 6.30. The molecular formula is C12H13ClO. The molecule has 0 saturated carbocycles. The number of benzene rings is 1.